The van der Waals surface area contributed by atoms with Gasteiger partial charge in [0, 0.05) is 38.5 Å². The molecule has 1 saturated heterocycles. The number of guanidine groups is 1. The summed E-state index contributed by atoms with van der Waals surface area (Å²) in [6.45, 7) is 7.45. The van der Waals surface area contributed by atoms with Crippen molar-refractivity contribution in [3.8, 4) is 0 Å². The van der Waals surface area contributed by atoms with Gasteiger partial charge in [-0.1, -0.05) is 0 Å². The number of nitrogens with zero attached hydrogens (tertiary/aromatic N) is 4. The monoisotopic (exact) mass is 362 g/mol. The van der Waals surface area contributed by atoms with Gasteiger partial charge in [-0.3, -0.25) is 4.99 Å². The molecule has 2 aromatic rings. The molecule has 0 aliphatic carbocycles. The Bertz CT molecular complexity index is 697. The van der Waals surface area contributed by atoms with E-state index in [1.165, 1.54) is 12.8 Å². The molecule has 3 heterocycles. The average Bonchev–Trinajstić information content (AvgIpc) is 3.33. The zero-order valence-electron chi connectivity index (χ0n) is 15.1. The maximum absolute atomic E-state index is 5.56. The number of hydrogen-bond acceptors (Lipinski definition) is 6. The van der Waals surface area contributed by atoms with E-state index in [2.05, 4.69) is 30.9 Å². The number of oxazole rings is 1. The van der Waals surface area contributed by atoms with Crippen molar-refractivity contribution in [3.63, 3.8) is 0 Å². The van der Waals surface area contributed by atoms with Crippen LogP contribution in [0.25, 0.3) is 0 Å². The molecule has 2 N–H and O–H groups in total. The Labute approximate surface area is 152 Å². The number of aryl methyl sites for hydroxylation is 2. The third kappa shape index (κ3) is 4.72. The molecule has 25 heavy (non-hydrogen) atoms. The maximum Gasteiger partial charge on any atom is 0.214 e. The second-order valence-electron chi connectivity index (χ2n) is 6.17. The first-order valence-corrected chi connectivity index (χ1v) is 9.60. The van der Waals surface area contributed by atoms with Crippen LogP contribution in [0.15, 0.2) is 14.8 Å². The lowest BCUT2D eigenvalue weighted by atomic mass is 10.3. The summed E-state index contributed by atoms with van der Waals surface area (Å²) in [6.07, 6.45) is 3.44. The lowest BCUT2D eigenvalue weighted by molar-refractivity contribution is 0.463. The van der Waals surface area contributed by atoms with E-state index in [0.29, 0.717) is 12.4 Å². The summed E-state index contributed by atoms with van der Waals surface area (Å²) in [5.41, 5.74) is 2.06. The molecule has 1 aliphatic rings. The maximum atomic E-state index is 5.56. The van der Waals surface area contributed by atoms with E-state index in [0.717, 1.165) is 54.3 Å². The van der Waals surface area contributed by atoms with Crippen molar-refractivity contribution in [3.05, 3.63) is 28.4 Å². The second kappa shape index (κ2) is 8.33. The third-order valence-electron chi connectivity index (χ3n) is 4.29. The number of nitrogens with one attached hydrogen (secondary N) is 2. The van der Waals surface area contributed by atoms with E-state index in [-0.39, 0.29) is 0 Å². The van der Waals surface area contributed by atoms with Crippen molar-refractivity contribution in [2.24, 2.45) is 4.99 Å². The molecule has 2 aromatic heterocycles. The molecule has 0 radical (unpaired) electrons. The Balaban J connectivity index is 1.42. The molecule has 8 heteroatoms. The summed E-state index contributed by atoms with van der Waals surface area (Å²) in [7, 11) is 1.76. The van der Waals surface area contributed by atoms with Crippen molar-refractivity contribution < 1.29 is 4.42 Å². The Hall–Kier alpha value is -2.09. The molecule has 0 amide bonds. The quantitative estimate of drug-likeness (QED) is 0.606. The normalized spacial score (nSPS) is 15.0. The summed E-state index contributed by atoms with van der Waals surface area (Å²) in [5, 5.41) is 9.84. The lowest BCUT2D eigenvalue weighted by Gasteiger charge is -2.12. The number of hydrogen-bond donors (Lipinski definition) is 2. The van der Waals surface area contributed by atoms with Gasteiger partial charge >= 0.3 is 0 Å². The van der Waals surface area contributed by atoms with Crippen LogP contribution in [0.4, 0.5) is 5.13 Å². The van der Waals surface area contributed by atoms with E-state index < -0.39 is 0 Å². The van der Waals surface area contributed by atoms with Gasteiger partial charge in [0.25, 0.3) is 0 Å². The summed E-state index contributed by atoms with van der Waals surface area (Å²) in [6, 6.07) is 0. The van der Waals surface area contributed by atoms with Gasteiger partial charge in [-0.25, -0.2) is 9.97 Å². The van der Waals surface area contributed by atoms with Gasteiger partial charge in [0.05, 0.1) is 17.9 Å². The van der Waals surface area contributed by atoms with Gasteiger partial charge < -0.3 is 20.0 Å². The number of aliphatic imine (C=N–C) groups is 1. The molecule has 0 atom stereocenters. The van der Waals surface area contributed by atoms with Gasteiger partial charge in [-0.2, -0.15) is 0 Å². The molecular weight excluding hydrogens is 336 g/mol. The SMILES string of the molecule is CN=C(NCCc1csc(N2CCCC2)n1)NCc1nc(C)c(C)o1. The topological polar surface area (TPSA) is 78.6 Å². The highest BCUT2D eigenvalue weighted by Gasteiger charge is 2.15. The van der Waals surface area contributed by atoms with Crippen LogP contribution in [-0.2, 0) is 13.0 Å². The molecule has 7 nitrogen and oxygen atoms in total. The highest BCUT2D eigenvalue weighted by molar-refractivity contribution is 7.13. The minimum Gasteiger partial charge on any atom is -0.444 e. The van der Waals surface area contributed by atoms with Crippen molar-refractivity contribution >= 4 is 22.4 Å². The van der Waals surface area contributed by atoms with Gasteiger partial charge in [0.2, 0.25) is 5.89 Å². The molecular formula is C17H26N6OS. The van der Waals surface area contributed by atoms with Crippen LogP contribution < -0.4 is 15.5 Å². The first kappa shape index (κ1) is 17.7. The average molecular weight is 363 g/mol. The van der Waals surface area contributed by atoms with Gasteiger partial charge in [0.1, 0.15) is 5.76 Å². The zero-order chi connectivity index (χ0) is 17.6. The predicted octanol–water partition coefficient (Wildman–Crippen LogP) is 2.26. The number of rotatable bonds is 6. The predicted molar refractivity (Wildman–Crippen MR) is 101 cm³/mol. The van der Waals surface area contributed by atoms with Crippen molar-refractivity contribution in [1.82, 2.24) is 20.6 Å². The number of aromatic nitrogens is 2. The molecule has 3 rings (SSSR count). The largest absolute Gasteiger partial charge is 0.444 e. The lowest BCUT2D eigenvalue weighted by Crippen LogP contribution is -2.38. The van der Waals surface area contributed by atoms with Crippen LogP contribution in [0.5, 0.6) is 0 Å². The van der Waals surface area contributed by atoms with Crippen molar-refractivity contribution in [1.29, 1.82) is 0 Å². The summed E-state index contributed by atoms with van der Waals surface area (Å²) < 4.78 is 5.56. The molecule has 1 fully saturated rings. The molecule has 0 saturated carbocycles. The van der Waals surface area contributed by atoms with E-state index >= 15 is 0 Å². The van der Waals surface area contributed by atoms with E-state index in [1.807, 2.05) is 13.8 Å². The molecule has 0 aromatic carbocycles. The van der Waals surface area contributed by atoms with E-state index in [1.54, 1.807) is 18.4 Å². The Morgan fingerprint density at radius 1 is 1.28 bits per heavy atom. The third-order valence-corrected chi connectivity index (χ3v) is 5.24. The molecule has 136 valence electrons. The molecule has 1 aliphatic heterocycles. The van der Waals surface area contributed by atoms with Gasteiger partial charge in [-0.05, 0) is 26.7 Å². The molecule has 0 bridgehead atoms. The van der Waals surface area contributed by atoms with E-state index in [9.17, 15) is 0 Å². The fourth-order valence-corrected chi connectivity index (χ4v) is 3.68. The molecule has 0 unspecified atom stereocenters. The van der Waals surface area contributed by atoms with Crippen LogP contribution in [0.3, 0.4) is 0 Å². The van der Waals surface area contributed by atoms with Crippen LogP contribution in [0, 0.1) is 13.8 Å². The van der Waals surface area contributed by atoms with Crippen LogP contribution in [-0.4, -0.2) is 42.6 Å². The fourth-order valence-electron chi connectivity index (χ4n) is 2.77. The minimum atomic E-state index is 0.518. The fraction of sp³-hybridized carbons (Fsp3) is 0.588. The zero-order valence-corrected chi connectivity index (χ0v) is 15.9. The van der Waals surface area contributed by atoms with Crippen molar-refractivity contribution in [2.75, 3.05) is 31.6 Å². The van der Waals surface area contributed by atoms with Gasteiger partial charge in [-0.15, -0.1) is 11.3 Å². The Morgan fingerprint density at radius 2 is 2.08 bits per heavy atom. The number of thiazole rings is 1. The molecule has 0 spiro atoms. The van der Waals surface area contributed by atoms with Crippen LogP contribution in [0.2, 0.25) is 0 Å². The second-order valence-corrected chi connectivity index (χ2v) is 7.00. The van der Waals surface area contributed by atoms with Crippen LogP contribution in [0.1, 0.15) is 35.9 Å². The Kier molecular flexibility index (Phi) is 5.91. The summed E-state index contributed by atoms with van der Waals surface area (Å²) in [5.74, 6) is 2.27. The summed E-state index contributed by atoms with van der Waals surface area (Å²) in [4.78, 5) is 15.7. The first-order valence-electron chi connectivity index (χ1n) is 8.72. The van der Waals surface area contributed by atoms with Crippen LogP contribution >= 0.6 is 11.3 Å². The minimum absolute atomic E-state index is 0.518. The van der Waals surface area contributed by atoms with Crippen molar-refractivity contribution in [2.45, 2.75) is 39.7 Å². The number of anilines is 1. The Morgan fingerprint density at radius 3 is 2.76 bits per heavy atom. The first-order chi connectivity index (χ1) is 12.2. The van der Waals surface area contributed by atoms with E-state index in [4.69, 9.17) is 9.40 Å². The highest BCUT2D eigenvalue weighted by atomic mass is 32.1. The highest BCUT2D eigenvalue weighted by Crippen LogP contribution is 2.24. The smallest absolute Gasteiger partial charge is 0.214 e. The van der Waals surface area contributed by atoms with Gasteiger partial charge in [0.15, 0.2) is 11.1 Å². The summed E-state index contributed by atoms with van der Waals surface area (Å²) >= 11 is 1.74. The standard InChI is InChI=1S/C17H26N6OS/c1-12-13(2)24-15(21-12)10-20-16(18-3)19-7-6-14-11-25-17(22-14)23-8-4-5-9-23/h11H,4-10H2,1-3H3,(H2,18,19,20).